The van der Waals surface area contributed by atoms with E-state index in [-0.39, 0.29) is 0 Å². The van der Waals surface area contributed by atoms with Crippen molar-refractivity contribution in [1.82, 2.24) is 9.78 Å². The van der Waals surface area contributed by atoms with E-state index in [1.807, 2.05) is 16.8 Å². The summed E-state index contributed by atoms with van der Waals surface area (Å²) in [4.78, 5) is 1.21. The molecule has 1 aromatic heterocycles. The Bertz CT molecular complexity index is 571. The van der Waals surface area contributed by atoms with Crippen LogP contribution in [0.25, 0.3) is 0 Å². The molecule has 0 saturated heterocycles. The minimum atomic E-state index is -0.525. The summed E-state index contributed by atoms with van der Waals surface area (Å²) >= 11 is 5.15. The third-order valence-electron chi connectivity index (χ3n) is 3.07. The summed E-state index contributed by atoms with van der Waals surface area (Å²) in [6, 6.07) is 8.23. The number of thioether (sulfide) groups is 1. The topological polar surface area (TPSA) is 38.0 Å². The van der Waals surface area contributed by atoms with Gasteiger partial charge in [0, 0.05) is 17.2 Å². The second-order valence-corrected chi connectivity index (χ2v) is 6.61. The van der Waals surface area contributed by atoms with Crippen LogP contribution in [0.5, 0.6) is 0 Å². The number of hydrogen-bond acceptors (Lipinski definition) is 3. The van der Waals surface area contributed by atoms with Gasteiger partial charge in [-0.3, -0.25) is 4.68 Å². The number of aliphatic hydroxyl groups excluding tert-OH is 1. The van der Waals surface area contributed by atoms with E-state index in [1.54, 1.807) is 18.0 Å². The van der Waals surface area contributed by atoms with Crippen molar-refractivity contribution in [1.29, 1.82) is 0 Å². The highest BCUT2D eigenvalue weighted by Gasteiger charge is 2.18. The van der Waals surface area contributed by atoms with E-state index in [4.69, 9.17) is 0 Å². The quantitative estimate of drug-likeness (QED) is 0.790. The smallest absolute Gasteiger partial charge is 0.106 e. The van der Waals surface area contributed by atoms with Crippen LogP contribution in [0.3, 0.4) is 0 Å². The lowest BCUT2D eigenvalue weighted by molar-refractivity contribution is 0.190. The zero-order valence-electron chi connectivity index (χ0n) is 11.7. The van der Waals surface area contributed by atoms with Crippen molar-refractivity contribution in [3.05, 3.63) is 46.2 Å². The van der Waals surface area contributed by atoms with Crippen molar-refractivity contribution in [3.8, 4) is 0 Å². The Labute approximate surface area is 132 Å². The average molecular weight is 355 g/mol. The first-order chi connectivity index (χ1) is 9.63. The monoisotopic (exact) mass is 354 g/mol. The van der Waals surface area contributed by atoms with E-state index >= 15 is 0 Å². The summed E-state index contributed by atoms with van der Waals surface area (Å²) in [5.41, 5.74) is 2.11. The van der Waals surface area contributed by atoms with Gasteiger partial charge in [-0.2, -0.15) is 5.10 Å². The third-order valence-corrected chi connectivity index (χ3v) is 4.94. The summed E-state index contributed by atoms with van der Waals surface area (Å²) in [5, 5.41) is 14.7. The Morgan fingerprint density at radius 2 is 2.15 bits per heavy atom. The lowest BCUT2D eigenvalue weighted by Crippen LogP contribution is -2.11. The Kier molecular flexibility index (Phi) is 5.69. The number of aromatic nitrogens is 2. The molecule has 0 bridgehead atoms. The fraction of sp³-hybridized carbons (Fsp3) is 0.400. The summed E-state index contributed by atoms with van der Waals surface area (Å²) in [7, 11) is 0. The van der Waals surface area contributed by atoms with Crippen LogP contribution >= 0.6 is 27.7 Å². The van der Waals surface area contributed by atoms with Crippen molar-refractivity contribution in [3.63, 3.8) is 0 Å². The van der Waals surface area contributed by atoms with Crippen LogP contribution in [-0.2, 0) is 6.54 Å². The van der Waals surface area contributed by atoms with Gasteiger partial charge in [-0.25, -0.2) is 0 Å². The van der Waals surface area contributed by atoms with Gasteiger partial charge in [-0.05, 0) is 40.9 Å². The van der Waals surface area contributed by atoms with Gasteiger partial charge < -0.3 is 5.11 Å². The largest absolute Gasteiger partial charge is 0.386 e. The van der Waals surface area contributed by atoms with E-state index in [2.05, 4.69) is 47.0 Å². The highest BCUT2D eigenvalue weighted by Crippen LogP contribution is 2.30. The number of aryl methyl sites for hydroxylation is 2. The normalized spacial score (nSPS) is 12.6. The number of benzene rings is 1. The summed E-state index contributed by atoms with van der Waals surface area (Å²) in [6.45, 7) is 5.02. The lowest BCUT2D eigenvalue weighted by atomic mass is 10.2. The van der Waals surface area contributed by atoms with Crippen molar-refractivity contribution >= 4 is 27.7 Å². The summed E-state index contributed by atoms with van der Waals surface area (Å²) in [5.74, 6) is 0.624. The average Bonchev–Trinajstić information content (AvgIpc) is 2.79. The highest BCUT2D eigenvalue weighted by atomic mass is 79.9. The van der Waals surface area contributed by atoms with Gasteiger partial charge in [0.15, 0.2) is 0 Å². The molecule has 1 atom stereocenters. The van der Waals surface area contributed by atoms with Crippen LogP contribution in [0.1, 0.15) is 30.7 Å². The van der Waals surface area contributed by atoms with Crippen LogP contribution in [0.2, 0.25) is 0 Å². The van der Waals surface area contributed by atoms with Gasteiger partial charge in [-0.1, -0.05) is 25.1 Å². The summed E-state index contributed by atoms with van der Waals surface area (Å²) < 4.78 is 2.76. The molecule has 0 aliphatic carbocycles. The first-order valence-corrected chi connectivity index (χ1v) is 8.49. The first kappa shape index (κ1) is 15.6. The van der Waals surface area contributed by atoms with Gasteiger partial charge in [0.05, 0.1) is 16.4 Å². The molecule has 0 saturated carbocycles. The van der Waals surface area contributed by atoms with Gasteiger partial charge in [-0.15, -0.1) is 11.8 Å². The van der Waals surface area contributed by atoms with E-state index in [9.17, 15) is 5.11 Å². The zero-order chi connectivity index (χ0) is 14.5. The van der Waals surface area contributed by atoms with Crippen LogP contribution in [0.4, 0.5) is 0 Å². The molecule has 0 aliphatic heterocycles. The molecule has 0 spiro atoms. The van der Waals surface area contributed by atoms with E-state index in [0.29, 0.717) is 5.75 Å². The molecular formula is C15H19BrN2OS. The minimum Gasteiger partial charge on any atom is -0.386 e. The Balaban J connectivity index is 2.07. The standard InChI is InChI=1S/C15H19BrN2OS/c1-3-8-18-15(12(16)9-17-18)13(19)10-20-14-7-5-4-6-11(14)2/h4-7,9,13,19H,3,8,10H2,1-2H3. The molecule has 1 aromatic carbocycles. The van der Waals surface area contributed by atoms with E-state index in [1.165, 1.54) is 10.5 Å². The van der Waals surface area contributed by atoms with Gasteiger partial charge in [0.2, 0.25) is 0 Å². The molecule has 1 N–H and O–H groups in total. The fourth-order valence-corrected chi connectivity index (χ4v) is 3.59. The maximum Gasteiger partial charge on any atom is 0.106 e. The molecule has 3 nitrogen and oxygen atoms in total. The van der Waals surface area contributed by atoms with Crippen LogP contribution in [-0.4, -0.2) is 20.6 Å². The molecule has 2 rings (SSSR count). The minimum absolute atomic E-state index is 0.525. The molecule has 0 aliphatic rings. The number of nitrogens with zero attached hydrogens (tertiary/aromatic N) is 2. The maximum absolute atomic E-state index is 10.4. The molecule has 0 radical (unpaired) electrons. The molecule has 20 heavy (non-hydrogen) atoms. The second-order valence-electron chi connectivity index (χ2n) is 4.69. The van der Waals surface area contributed by atoms with Crippen molar-refractivity contribution in [2.24, 2.45) is 0 Å². The van der Waals surface area contributed by atoms with Gasteiger partial charge in [0.1, 0.15) is 6.10 Å². The number of rotatable bonds is 6. The molecule has 0 fully saturated rings. The Morgan fingerprint density at radius 3 is 2.85 bits per heavy atom. The molecule has 1 heterocycles. The molecule has 5 heteroatoms. The Morgan fingerprint density at radius 1 is 1.40 bits per heavy atom. The predicted octanol–water partition coefficient (Wildman–Crippen LogP) is 4.19. The zero-order valence-corrected chi connectivity index (χ0v) is 14.1. The summed E-state index contributed by atoms with van der Waals surface area (Å²) in [6.07, 6.45) is 2.23. The van der Waals surface area contributed by atoms with Crippen molar-refractivity contribution in [2.75, 3.05) is 5.75 Å². The molecule has 0 amide bonds. The van der Waals surface area contributed by atoms with Crippen LogP contribution in [0, 0.1) is 6.92 Å². The fourth-order valence-electron chi connectivity index (χ4n) is 2.06. The molecule has 2 aromatic rings. The van der Waals surface area contributed by atoms with E-state index < -0.39 is 6.10 Å². The predicted molar refractivity (Wildman–Crippen MR) is 87.1 cm³/mol. The van der Waals surface area contributed by atoms with Gasteiger partial charge in [0.25, 0.3) is 0 Å². The number of aliphatic hydroxyl groups is 1. The number of halogens is 1. The maximum atomic E-state index is 10.4. The molecular weight excluding hydrogens is 336 g/mol. The van der Waals surface area contributed by atoms with Crippen LogP contribution < -0.4 is 0 Å². The molecule has 108 valence electrons. The Hall–Kier alpha value is -0.780. The van der Waals surface area contributed by atoms with Gasteiger partial charge >= 0.3 is 0 Å². The SMILES string of the molecule is CCCn1ncc(Br)c1C(O)CSc1ccccc1C. The first-order valence-electron chi connectivity index (χ1n) is 6.71. The third kappa shape index (κ3) is 3.65. The van der Waals surface area contributed by atoms with Crippen molar-refractivity contribution in [2.45, 2.75) is 37.8 Å². The lowest BCUT2D eigenvalue weighted by Gasteiger charge is -2.14. The molecule has 1 unspecified atom stereocenters. The highest BCUT2D eigenvalue weighted by molar-refractivity contribution is 9.10. The van der Waals surface area contributed by atoms with Crippen molar-refractivity contribution < 1.29 is 5.11 Å². The number of hydrogen-bond donors (Lipinski definition) is 1. The van der Waals surface area contributed by atoms with Crippen LogP contribution in [0.15, 0.2) is 39.8 Å². The second kappa shape index (κ2) is 7.29. The van der Waals surface area contributed by atoms with E-state index in [0.717, 1.165) is 23.1 Å².